The van der Waals surface area contributed by atoms with Crippen molar-refractivity contribution in [2.24, 2.45) is 7.05 Å². The van der Waals surface area contributed by atoms with E-state index in [1.807, 2.05) is 0 Å². The van der Waals surface area contributed by atoms with Crippen LogP contribution in [0, 0.1) is 0 Å². The summed E-state index contributed by atoms with van der Waals surface area (Å²) >= 11 is 0. The molecule has 0 aromatic carbocycles. The van der Waals surface area contributed by atoms with Crippen LogP contribution in [0.3, 0.4) is 0 Å². The van der Waals surface area contributed by atoms with Gasteiger partial charge in [0, 0.05) is 13.2 Å². The molecule has 0 aliphatic rings. The van der Waals surface area contributed by atoms with Gasteiger partial charge < -0.3 is 14.4 Å². The van der Waals surface area contributed by atoms with Gasteiger partial charge in [-0.15, -0.1) is 0 Å². The minimum atomic E-state index is -0.994. The highest BCUT2D eigenvalue weighted by atomic mass is 16.5. The molecule has 4 nitrogen and oxygen atoms in total. The average molecular weight is 181 g/mol. The van der Waals surface area contributed by atoms with E-state index in [4.69, 9.17) is 9.84 Å². The standard InChI is InChI=1S/C9H11NO3/c1-3-6-13-7-4-5-10(2)8(7)9(11)12/h3-5H,1,6H2,2H3,(H,11,12). The molecule has 13 heavy (non-hydrogen) atoms. The van der Waals surface area contributed by atoms with E-state index in [-0.39, 0.29) is 5.69 Å². The van der Waals surface area contributed by atoms with Gasteiger partial charge in [0.2, 0.25) is 0 Å². The van der Waals surface area contributed by atoms with Crippen molar-refractivity contribution in [3.63, 3.8) is 0 Å². The normalized spacial score (nSPS) is 9.62. The Morgan fingerprint density at radius 2 is 2.54 bits per heavy atom. The van der Waals surface area contributed by atoms with Crippen molar-refractivity contribution in [1.82, 2.24) is 4.57 Å². The van der Waals surface area contributed by atoms with E-state index in [1.54, 1.807) is 25.4 Å². The van der Waals surface area contributed by atoms with Gasteiger partial charge in [-0.2, -0.15) is 0 Å². The quantitative estimate of drug-likeness (QED) is 0.712. The van der Waals surface area contributed by atoms with E-state index < -0.39 is 5.97 Å². The molecule has 1 aromatic heterocycles. The Hall–Kier alpha value is -1.71. The minimum Gasteiger partial charge on any atom is -0.487 e. The summed E-state index contributed by atoms with van der Waals surface area (Å²) in [7, 11) is 1.66. The molecule has 0 radical (unpaired) electrons. The van der Waals surface area contributed by atoms with Crippen LogP contribution in [0.2, 0.25) is 0 Å². The number of hydrogen-bond acceptors (Lipinski definition) is 2. The Labute approximate surface area is 76.1 Å². The van der Waals surface area contributed by atoms with Crippen molar-refractivity contribution < 1.29 is 14.6 Å². The van der Waals surface area contributed by atoms with Gasteiger partial charge in [-0.3, -0.25) is 0 Å². The average Bonchev–Trinajstić information content (AvgIpc) is 2.43. The van der Waals surface area contributed by atoms with Crippen LogP contribution in [0.5, 0.6) is 5.75 Å². The van der Waals surface area contributed by atoms with E-state index in [1.165, 1.54) is 4.57 Å². The highest BCUT2D eigenvalue weighted by Crippen LogP contribution is 2.18. The first kappa shape index (κ1) is 9.38. The third kappa shape index (κ3) is 1.90. The third-order valence-corrected chi connectivity index (χ3v) is 1.59. The summed E-state index contributed by atoms with van der Waals surface area (Å²) in [4.78, 5) is 10.7. The lowest BCUT2D eigenvalue weighted by molar-refractivity contribution is 0.0682. The van der Waals surface area contributed by atoms with E-state index >= 15 is 0 Å². The van der Waals surface area contributed by atoms with E-state index in [0.717, 1.165) is 0 Å². The minimum absolute atomic E-state index is 0.154. The highest BCUT2D eigenvalue weighted by molar-refractivity contribution is 5.89. The summed E-state index contributed by atoms with van der Waals surface area (Å²) in [6.45, 7) is 3.79. The molecule has 0 amide bonds. The number of hydrogen-bond donors (Lipinski definition) is 1. The van der Waals surface area contributed by atoms with Gasteiger partial charge in [0.1, 0.15) is 6.61 Å². The zero-order valence-corrected chi connectivity index (χ0v) is 7.36. The molecule has 0 saturated heterocycles. The third-order valence-electron chi connectivity index (χ3n) is 1.59. The number of ether oxygens (including phenoxy) is 1. The molecule has 1 heterocycles. The van der Waals surface area contributed by atoms with Crippen LogP contribution < -0.4 is 4.74 Å². The summed E-state index contributed by atoms with van der Waals surface area (Å²) in [6, 6.07) is 1.62. The maximum atomic E-state index is 10.7. The van der Waals surface area contributed by atoms with E-state index in [9.17, 15) is 4.79 Å². The fraction of sp³-hybridized carbons (Fsp3) is 0.222. The van der Waals surface area contributed by atoms with Crippen molar-refractivity contribution in [2.75, 3.05) is 6.61 Å². The van der Waals surface area contributed by atoms with Crippen LogP contribution in [0.1, 0.15) is 10.5 Å². The van der Waals surface area contributed by atoms with Crippen molar-refractivity contribution in [3.8, 4) is 5.75 Å². The number of aromatic carboxylic acids is 1. The second kappa shape index (κ2) is 3.80. The number of nitrogens with zero attached hydrogens (tertiary/aromatic N) is 1. The highest BCUT2D eigenvalue weighted by Gasteiger charge is 2.14. The molecule has 0 aliphatic heterocycles. The lowest BCUT2D eigenvalue weighted by Crippen LogP contribution is -2.06. The predicted octanol–water partition coefficient (Wildman–Crippen LogP) is 1.29. The monoisotopic (exact) mass is 181 g/mol. The molecule has 0 bridgehead atoms. The lowest BCUT2D eigenvalue weighted by atomic mass is 10.4. The van der Waals surface area contributed by atoms with Gasteiger partial charge in [0.05, 0.1) is 0 Å². The largest absolute Gasteiger partial charge is 0.487 e. The van der Waals surface area contributed by atoms with Crippen molar-refractivity contribution in [1.29, 1.82) is 0 Å². The number of carbonyl (C=O) groups is 1. The molecule has 0 spiro atoms. The Kier molecular flexibility index (Phi) is 2.74. The van der Waals surface area contributed by atoms with Crippen LogP contribution >= 0.6 is 0 Å². The maximum absolute atomic E-state index is 10.7. The summed E-state index contributed by atoms with van der Waals surface area (Å²) in [6.07, 6.45) is 3.21. The van der Waals surface area contributed by atoms with Crippen LogP contribution in [-0.4, -0.2) is 22.2 Å². The second-order valence-electron chi connectivity index (χ2n) is 2.54. The zero-order chi connectivity index (χ0) is 9.84. The van der Waals surface area contributed by atoms with Crippen molar-refractivity contribution >= 4 is 5.97 Å². The number of aromatic nitrogens is 1. The molecule has 70 valence electrons. The number of carboxylic acids is 1. The molecule has 0 aliphatic carbocycles. The van der Waals surface area contributed by atoms with E-state index in [2.05, 4.69) is 6.58 Å². The Bertz CT molecular complexity index is 328. The first-order valence-electron chi connectivity index (χ1n) is 3.79. The maximum Gasteiger partial charge on any atom is 0.356 e. The molecule has 0 saturated carbocycles. The second-order valence-corrected chi connectivity index (χ2v) is 2.54. The molecular weight excluding hydrogens is 170 g/mol. The fourth-order valence-electron chi connectivity index (χ4n) is 1.03. The summed E-state index contributed by atoms with van der Waals surface area (Å²) in [5.41, 5.74) is 0.154. The van der Waals surface area contributed by atoms with Gasteiger partial charge in [0.25, 0.3) is 0 Å². The van der Waals surface area contributed by atoms with Gasteiger partial charge >= 0.3 is 5.97 Å². The number of carboxylic acid groups (broad SMARTS) is 1. The Balaban J connectivity index is 2.93. The van der Waals surface area contributed by atoms with Crippen LogP contribution in [-0.2, 0) is 7.05 Å². The summed E-state index contributed by atoms with van der Waals surface area (Å²) in [5.74, 6) is -0.624. The molecular formula is C9H11NO3. The van der Waals surface area contributed by atoms with Crippen molar-refractivity contribution in [3.05, 3.63) is 30.6 Å². The van der Waals surface area contributed by atoms with Crippen LogP contribution in [0.25, 0.3) is 0 Å². The smallest absolute Gasteiger partial charge is 0.356 e. The SMILES string of the molecule is C=CCOc1ccn(C)c1C(=O)O. The summed E-state index contributed by atoms with van der Waals surface area (Å²) < 4.78 is 6.65. The molecule has 4 heteroatoms. The predicted molar refractivity (Wildman–Crippen MR) is 48.1 cm³/mol. The molecule has 0 atom stereocenters. The first-order valence-corrected chi connectivity index (χ1v) is 3.79. The molecule has 1 rings (SSSR count). The van der Waals surface area contributed by atoms with Gasteiger partial charge in [-0.05, 0) is 6.07 Å². The first-order chi connectivity index (χ1) is 6.16. The van der Waals surface area contributed by atoms with E-state index in [0.29, 0.717) is 12.4 Å². The van der Waals surface area contributed by atoms with Crippen LogP contribution in [0.4, 0.5) is 0 Å². The number of aryl methyl sites for hydroxylation is 1. The Morgan fingerprint density at radius 3 is 3.08 bits per heavy atom. The van der Waals surface area contributed by atoms with Gasteiger partial charge in [-0.1, -0.05) is 12.7 Å². The van der Waals surface area contributed by atoms with Gasteiger partial charge in [-0.25, -0.2) is 4.79 Å². The zero-order valence-electron chi connectivity index (χ0n) is 7.36. The molecule has 0 fully saturated rings. The molecule has 0 unspecified atom stereocenters. The Morgan fingerprint density at radius 1 is 1.85 bits per heavy atom. The lowest BCUT2D eigenvalue weighted by Gasteiger charge is -2.02. The van der Waals surface area contributed by atoms with Gasteiger partial charge in [0.15, 0.2) is 11.4 Å². The topological polar surface area (TPSA) is 51.5 Å². The number of rotatable bonds is 4. The molecule has 1 N–H and O–H groups in total. The van der Waals surface area contributed by atoms with Crippen molar-refractivity contribution in [2.45, 2.75) is 0 Å². The van der Waals surface area contributed by atoms with Crippen LogP contribution in [0.15, 0.2) is 24.9 Å². The summed E-state index contributed by atoms with van der Waals surface area (Å²) in [5, 5.41) is 8.81. The molecule has 1 aromatic rings. The fourth-order valence-corrected chi connectivity index (χ4v) is 1.03.